The van der Waals surface area contributed by atoms with Crippen molar-refractivity contribution in [2.75, 3.05) is 11.9 Å². The van der Waals surface area contributed by atoms with E-state index in [0.29, 0.717) is 12.0 Å². The van der Waals surface area contributed by atoms with E-state index in [1.54, 1.807) is 11.3 Å². The molecule has 1 aromatic heterocycles. The standard InChI is InChI=1S/C23H32N2O3S/c1-6-24-20-25-17-13(29-20)10-22(5)14-8-7-12-11(2)18(27)23(14,19(12)28)16(26)9-15(22)21(17,3)4/h12,14-16,19,26,28H,2,6-10H2,1,3-5H3,(H,24,25). The number of fused-ring (bicyclic) bond motifs is 4. The van der Waals surface area contributed by atoms with Crippen molar-refractivity contribution in [3.8, 4) is 0 Å². The van der Waals surface area contributed by atoms with Crippen molar-refractivity contribution in [2.45, 2.75) is 71.0 Å². The molecule has 4 aliphatic carbocycles. The van der Waals surface area contributed by atoms with Crippen LogP contribution in [0.25, 0.3) is 0 Å². The lowest BCUT2D eigenvalue weighted by Crippen LogP contribution is -2.68. The number of aliphatic hydroxyl groups is 2. The molecule has 29 heavy (non-hydrogen) atoms. The maximum atomic E-state index is 13.4. The van der Waals surface area contributed by atoms with Crippen LogP contribution in [-0.2, 0) is 16.6 Å². The summed E-state index contributed by atoms with van der Waals surface area (Å²) in [5.74, 6) is -0.107. The van der Waals surface area contributed by atoms with Gasteiger partial charge >= 0.3 is 0 Å². The van der Waals surface area contributed by atoms with Crippen LogP contribution < -0.4 is 5.32 Å². The van der Waals surface area contributed by atoms with Crippen LogP contribution in [0.4, 0.5) is 5.13 Å². The molecule has 7 unspecified atom stereocenters. The first-order chi connectivity index (χ1) is 13.6. The molecule has 0 amide bonds. The number of aliphatic hydroxyl groups excluding tert-OH is 2. The van der Waals surface area contributed by atoms with Crippen molar-refractivity contribution >= 4 is 22.3 Å². The van der Waals surface area contributed by atoms with Crippen molar-refractivity contribution in [3.05, 3.63) is 22.7 Å². The molecule has 1 spiro atoms. The molecule has 0 aliphatic heterocycles. The minimum Gasteiger partial charge on any atom is -0.392 e. The van der Waals surface area contributed by atoms with Gasteiger partial charge in [-0.25, -0.2) is 4.98 Å². The molecule has 0 radical (unpaired) electrons. The number of carbonyl (C=O) groups is 1. The first-order valence-corrected chi connectivity index (χ1v) is 11.8. The fourth-order valence-electron chi connectivity index (χ4n) is 7.85. The lowest BCUT2D eigenvalue weighted by atomic mass is 9.40. The highest BCUT2D eigenvalue weighted by molar-refractivity contribution is 7.15. The predicted octanol–water partition coefficient (Wildman–Crippen LogP) is 3.31. The van der Waals surface area contributed by atoms with Gasteiger partial charge in [0.15, 0.2) is 10.9 Å². The smallest absolute Gasteiger partial charge is 0.183 e. The minimum atomic E-state index is -1.08. The summed E-state index contributed by atoms with van der Waals surface area (Å²) in [6.45, 7) is 13.7. The Morgan fingerprint density at radius 2 is 1.97 bits per heavy atom. The molecule has 0 aromatic carbocycles. The van der Waals surface area contributed by atoms with E-state index >= 15 is 0 Å². The second kappa shape index (κ2) is 5.92. The van der Waals surface area contributed by atoms with E-state index in [4.69, 9.17) is 4.98 Å². The minimum absolute atomic E-state index is 0.0427. The van der Waals surface area contributed by atoms with E-state index in [-0.39, 0.29) is 34.4 Å². The van der Waals surface area contributed by atoms with Crippen molar-refractivity contribution in [1.82, 2.24) is 4.98 Å². The van der Waals surface area contributed by atoms with Crippen LogP contribution in [0, 0.1) is 28.6 Å². The van der Waals surface area contributed by atoms with Crippen LogP contribution in [-0.4, -0.2) is 39.7 Å². The van der Waals surface area contributed by atoms with Crippen LogP contribution in [0.15, 0.2) is 12.2 Å². The van der Waals surface area contributed by atoms with Gasteiger partial charge in [-0.2, -0.15) is 0 Å². The van der Waals surface area contributed by atoms with Crippen molar-refractivity contribution in [1.29, 1.82) is 0 Å². The lowest BCUT2D eigenvalue weighted by Gasteiger charge is -2.64. The molecule has 5 nitrogen and oxygen atoms in total. The number of ketones is 1. The molecule has 3 N–H and O–H groups in total. The molecular weight excluding hydrogens is 384 g/mol. The third-order valence-electron chi connectivity index (χ3n) is 9.00. The van der Waals surface area contributed by atoms with E-state index in [1.807, 2.05) is 0 Å². The number of nitrogens with one attached hydrogen (secondary N) is 1. The number of hydrogen-bond donors (Lipinski definition) is 3. The molecule has 3 saturated carbocycles. The summed E-state index contributed by atoms with van der Waals surface area (Å²) in [5, 5.41) is 27.0. The molecule has 5 rings (SSSR count). The number of rotatable bonds is 2. The summed E-state index contributed by atoms with van der Waals surface area (Å²) in [7, 11) is 0. The molecule has 158 valence electrons. The van der Waals surface area contributed by atoms with Crippen LogP contribution >= 0.6 is 11.3 Å². The molecular formula is C23H32N2O3S. The summed E-state index contributed by atoms with van der Waals surface area (Å²) < 4.78 is 0. The van der Waals surface area contributed by atoms with Gasteiger partial charge in [-0.3, -0.25) is 4.79 Å². The number of hydrogen-bond acceptors (Lipinski definition) is 6. The average Bonchev–Trinajstić information content (AvgIpc) is 3.09. The Labute approximate surface area is 176 Å². The van der Waals surface area contributed by atoms with Crippen LogP contribution in [0.3, 0.4) is 0 Å². The maximum Gasteiger partial charge on any atom is 0.183 e. The van der Waals surface area contributed by atoms with Gasteiger partial charge in [0.25, 0.3) is 0 Å². The average molecular weight is 417 g/mol. The molecule has 7 atom stereocenters. The van der Waals surface area contributed by atoms with E-state index < -0.39 is 17.6 Å². The van der Waals surface area contributed by atoms with E-state index in [0.717, 1.165) is 36.6 Å². The van der Waals surface area contributed by atoms with Gasteiger partial charge in [-0.05, 0) is 55.4 Å². The Balaban J connectivity index is 1.67. The van der Waals surface area contributed by atoms with Gasteiger partial charge < -0.3 is 15.5 Å². The number of thiazole rings is 1. The van der Waals surface area contributed by atoms with Crippen LogP contribution in [0.1, 0.15) is 57.5 Å². The van der Waals surface area contributed by atoms with Crippen LogP contribution in [0.2, 0.25) is 0 Å². The SMILES string of the molecule is C=C1C(=O)C23C(O)CC4C(C)(C)c5nc(NCC)sc5CC4(C)C2CCC1C3O. The number of nitrogens with zero attached hydrogens (tertiary/aromatic N) is 1. The van der Waals surface area contributed by atoms with Gasteiger partial charge in [0.2, 0.25) is 0 Å². The zero-order chi connectivity index (χ0) is 20.9. The second-order valence-electron chi connectivity index (χ2n) is 10.5. The van der Waals surface area contributed by atoms with E-state index in [9.17, 15) is 15.0 Å². The Morgan fingerprint density at radius 1 is 1.24 bits per heavy atom. The van der Waals surface area contributed by atoms with Gasteiger partial charge in [0.1, 0.15) is 0 Å². The first-order valence-electron chi connectivity index (χ1n) is 10.9. The topological polar surface area (TPSA) is 82.5 Å². The molecule has 4 aliphatic rings. The Kier molecular flexibility index (Phi) is 4.02. The van der Waals surface area contributed by atoms with Crippen molar-refractivity contribution in [2.24, 2.45) is 28.6 Å². The summed E-state index contributed by atoms with van der Waals surface area (Å²) in [6, 6.07) is 0. The highest BCUT2D eigenvalue weighted by Gasteiger charge is 2.74. The van der Waals surface area contributed by atoms with E-state index in [1.165, 1.54) is 4.88 Å². The Bertz CT molecular complexity index is 908. The molecule has 2 bridgehead atoms. The summed E-state index contributed by atoms with van der Waals surface area (Å²) in [6.07, 6.45) is 1.39. The molecule has 3 fully saturated rings. The lowest BCUT2D eigenvalue weighted by molar-refractivity contribution is -0.212. The number of aromatic nitrogens is 1. The predicted molar refractivity (Wildman–Crippen MR) is 114 cm³/mol. The monoisotopic (exact) mass is 416 g/mol. The van der Waals surface area contributed by atoms with Crippen molar-refractivity contribution < 1.29 is 15.0 Å². The highest BCUT2D eigenvalue weighted by Crippen LogP contribution is 2.70. The van der Waals surface area contributed by atoms with E-state index in [2.05, 4.69) is 39.6 Å². The summed E-state index contributed by atoms with van der Waals surface area (Å²) >= 11 is 1.73. The van der Waals surface area contributed by atoms with Crippen LogP contribution in [0.5, 0.6) is 0 Å². The molecule has 1 heterocycles. The van der Waals surface area contributed by atoms with Gasteiger partial charge in [-0.15, -0.1) is 11.3 Å². The van der Waals surface area contributed by atoms with Gasteiger partial charge in [0, 0.05) is 22.8 Å². The van der Waals surface area contributed by atoms with Crippen molar-refractivity contribution in [3.63, 3.8) is 0 Å². The molecule has 0 saturated heterocycles. The van der Waals surface area contributed by atoms with Gasteiger partial charge in [0.05, 0.1) is 23.3 Å². The third kappa shape index (κ3) is 2.13. The largest absolute Gasteiger partial charge is 0.392 e. The summed E-state index contributed by atoms with van der Waals surface area (Å²) in [4.78, 5) is 19.7. The maximum absolute atomic E-state index is 13.4. The number of carbonyl (C=O) groups excluding carboxylic acids is 1. The normalized spacial score (nSPS) is 44.8. The summed E-state index contributed by atoms with van der Waals surface area (Å²) in [5.41, 5.74) is 0.228. The fraction of sp³-hybridized carbons (Fsp3) is 0.739. The Hall–Kier alpha value is -1.24. The molecule has 1 aromatic rings. The Morgan fingerprint density at radius 3 is 2.66 bits per heavy atom. The molecule has 6 heteroatoms. The third-order valence-corrected chi connectivity index (χ3v) is 10.0. The zero-order valence-electron chi connectivity index (χ0n) is 17.8. The number of anilines is 1. The first kappa shape index (κ1) is 19.7. The zero-order valence-corrected chi connectivity index (χ0v) is 18.6. The fourth-order valence-corrected chi connectivity index (χ4v) is 9.23. The quantitative estimate of drug-likeness (QED) is 0.645. The highest BCUT2D eigenvalue weighted by atomic mass is 32.1. The number of Topliss-reactive ketones (excluding diaryl/α,β-unsaturated/α-hetero) is 1. The van der Waals surface area contributed by atoms with Gasteiger partial charge in [-0.1, -0.05) is 27.4 Å². The second-order valence-corrected chi connectivity index (χ2v) is 11.6.